The number of hydrogen-bond donors (Lipinski definition) is 0. The van der Waals surface area contributed by atoms with Crippen molar-refractivity contribution in [1.29, 1.82) is 0 Å². The van der Waals surface area contributed by atoms with Crippen molar-refractivity contribution >= 4 is 64.2 Å². The number of rotatable bonds is 6. The quantitative estimate of drug-likeness (QED) is 0.120. The smallest absolute Gasteiger partial charge is 0.0620 e. The molecule has 200 valence electrons. The minimum absolute atomic E-state index is 0.877. The fourth-order valence-corrected chi connectivity index (χ4v) is 9.78. The van der Waals surface area contributed by atoms with E-state index < -0.39 is 37.9 Å². The second-order valence-corrected chi connectivity index (χ2v) is 21.9. The molecule has 6 rings (SSSR count). The molecule has 0 aromatic heterocycles. The summed E-state index contributed by atoms with van der Waals surface area (Å²) >= 11 is -1.14. The first-order valence-electron chi connectivity index (χ1n) is 13.5. The molecule has 41 heavy (non-hydrogen) atoms. The molecule has 0 fully saturated rings. The largest absolute Gasteiger partial charge is 0.102 e. The van der Waals surface area contributed by atoms with Gasteiger partial charge in [-0.2, -0.15) is 0 Å². The Labute approximate surface area is 266 Å². The zero-order chi connectivity index (χ0) is 28.5. The van der Waals surface area contributed by atoms with Crippen LogP contribution in [-0.2, 0) is 22.1 Å². The molecule has 0 saturated carbocycles. The van der Waals surface area contributed by atoms with Gasteiger partial charge >= 0.3 is 38.6 Å². The molecule has 0 spiro atoms. The summed E-state index contributed by atoms with van der Waals surface area (Å²) in [6.07, 6.45) is 0. The van der Waals surface area contributed by atoms with Crippen LogP contribution in [0.3, 0.4) is 0 Å². The minimum Gasteiger partial charge on any atom is -0.0620 e. The first-order chi connectivity index (χ1) is 20.3. The molecule has 0 N–H and O–H groups in total. The number of hydrogen-bond acceptors (Lipinski definition) is 0. The van der Waals surface area contributed by atoms with Gasteiger partial charge in [0.25, 0.3) is 0 Å². The maximum absolute atomic E-state index is 4.99. The van der Waals surface area contributed by atoms with Crippen molar-refractivity contribution in [2.75, 3.05) is 0 Å². The Morgan fingerprint density at radius 3 is 0.512 bits per heavy atom. The molecule has 0 amide bonds. The third-order valence-electron chi connectivity index (χ3n) is 6.37. The van der Waals surface area contributed by atoms with Crippen LogP contribution in [0.25, 0.3) is 0 Å². The van der Waals surface area contributed by atoms with Gasteiger partial charge in [-0.25, -0.2) is 0 Å². The van der Waals surface area contributed by atoms with Gasteiger partial charge in [0.15, 0.2) is 0 Å². The summed E-state index contributed by atoms with van der Waals surface area (Å²) in [5, 5.41) is 8.61. The second kappa shape index (κ2) is 18.3. The van der Waals surface area contributed by atoms with Gasteiger partial charge in [-0.15, -0.1) is 0 Å². The van der Waals surface area contributed by atoms with E-state index in [1.54, 1.807) is 0 Å². The number of halogens is 2. The van der Waals surface area contributed by atoms with Gasteiger partial charge in [-0.05, 0) is 72.8 Å². The minimum atomic E-state index is -1.14. The molecule has 0 nitrogen and oxygen atoms in total. The monoisotopic (exact) mass is 798 g/mol. The van der Waals surface area contributed by atoms with Gasteiger partial charge in [0.2, 0.25) is 0 Å². The van der Waals surface area contributed by atoms with E-state index in [1.165, 1.54) is 31.8 Å². The van der Waals surface area contributed by atoms with E-state index >= 15 is 0 Å². The topological polar surface area (TPSA) is 0 Å². The predicted octanol–water partition coefficient (Wildman–Crippen LogP) is 7.73. The van der Waals surface area contributed by atoms with E-state index in [9.17, 15) is 0 Å². The van der Waals surface area contributed by atoms with Gasteiger partial charge in [0.1, 0.15) is 31.8 Å². The van der Waals surface area contributed by atoms with E-state index in [0.29, 0.717) is 0 Å². The molecule has 0 saturated heterocycles. The molecule has 0 aliphatic rings. The Kier molecular flexibility index (Phi) is 14.1. The van der Waals surface area contributed by atoms with Crippen LogP contribution in [0.5, 0.6) is 0 Å². The average molecular weight is 798 g/mol. The van der Waals surface area contributed by atoms with Crippen molar-refractivity contribution in [1.82, 2.24) is 0 Å². The zero-order valence-electron chi connectivity index (χ0n) is 22.8. The summed E-state index contributed by atoms with van der Waals surface area (Å²) < 4.78 is 0. The summed E-state index contributed by atoms with van der Waals surface area (Å²) in [5.74, 6) is 0. The van der Waals surface area contributed by atoms with Crippen molar-refractivity contribution in [3.8, 4) is 0 Å². The van der Waals surface area contributed by atoms with Crippen LogP contribution in [0.15, 0.2) is 182 Å². The average Bonchev–Trinajstić information content (AvgIpc) is 3.05. The standard InChI is InChI=1S/2C18H15P.2ClH.Hg/c2*1-4-10-16(11-5-1)19(17-12-6-2-7-13-17)18-14-8-3-9-15-18;;;/h2*1-15H;2*1H;/q;;;;+2. The fraction of sp³-hybridized carbons (Fsp3) is 0. The van der Waals surface area contributed by atoms with E-state index in [-0.39, 0.29) is 0 Å². The summed E-state index contributed by atoms with van der Waals surface area (Å²) in [6.45, 7) is 0. The molecule has 0 heterocycles. The Morgan fingerprint density at radius 2 is 0.390 bits per heavy atom. The maximum atomic E-state index is 4.99. The first kappa shape index (κ1) is 31.6. The first-order valence-corrected chi connectivity index (χ1v) is 30.0. The summed E-state index contributed by atoms with van der Waals surface area (Å²) in [4.78, 5) is 0. The Balaban J connectivity index is 0.000000173. The maximum Gasteiger partial charge on any atom is 0.102 e. The van der Waals surface area contributed by atoms with Crippen LogP contribution in [0.4, 0.5) is 0 Å². The van der Waals surface area contributed by atoms with Crippen molar-refractivity contribution in [3.05, 3.63) is 182 Å². The van der Waals surface area contributed by atoms with Crippen molar-refractivity contribution in [2.45, 2.75) is 0 Å². The molecule has 6 aromatic rings. The predicted molar refractivity (Wildman–Crippen MR) is 185 cm³/mol. The Hall–Kier alpha value is -2.30. The van der Waals surface area contributed by atoms with Crippen molar-refractivity contribution < 1.29 is 22.1 Å². The SMILES string of the molecule is [Cl][Hg][Cl].c1ccc([PH+](c2ccccc2)c2ccccc2)cc1.c1ccc([PH+](c2ccccc2)c2ccccc2)cc1. The molecule has 0 bridgehead atoms. The van der Waals surface area contributed by atoms with Crippen molar-refractivity contribution in [2.24, 2.45) is 0 Å². The normalized spacial score (nSPS) is 10.0. The molecule has 0 aliphatic heterocycles. The third kappa shape index (κ3) is 9.89. The van der Waals surface area contributed by atoms with Gasteiger partial charge in [0.05, 0.1) is 15.8 Å². The molecule has 0 atom stereocenters. The van der Waals surface area contributed by atoms with Crippen LogP contribution < -0.4 is 31.8 Å². The molecule has 6 aromatic carbocycles. The third-order valence-corrected chi connectivity index (χ3v) is 11.8. The number of benzene rings is 6. The van der Waals surface area contributed by atoms with Crippen LogP contribution in [0, 0.1) is 0 Å². The van der Waals surface area contributed by atoms with Crippen LogP contribution >= 0.6 is 32.3 Å². The van der Waals surface area contributed by atoms with E-state index in [1.807, 2.05) is 0 Å². The summed E-state index contributed by atoms with van der Waals surface area (Å²) in [5.41, 5.74) is 0. The molecule has 0 unspecified atom stereocenters. The molecule has 0 aliphatic carbocycles. The van der Waals surface area contributed by atoms with E-state index in [4.69, 9.17) is 16.5 Å². The van der Waals surface area contributed by atoms with E-state index in [0.717, 1.165) is 0 Å². The van der Waals surface area contributed by atoms with Gasteiger partial charge in [-0.1, -0.05) is 109 Å². The summed E-state index contributed by atoms with van der Waals surface area (Å²) in [6, 6.07) is 65.0. The van der Waals surface area contributed by atoms with Gasteiger partial charge < -0.3 is 0 Å². The fourth-order valence-electron chi connectivity index (χ4n) is 4.63. The molecular formula is C36H32Cl2HgP2+2. The molecular weight excluding hydrogens is 766 g/mol. The Morgan fingerprint density at radius 1 is 0.268 bits per heavy atom. The Bertz CT molecular complexity index is 1200. The van der Waals surface area contributed by atoms with Gasteiger partial charge in [-0.3, -0.25) is 0 Å². The molecule has 5 heteroatoms. The molecule has 0 radical (unpaired) electrons. The second-order valence-electron chi connectivity index (χ2n) is 9.05. The van der Waals surface area contributed by atoms with Crippen molar-refractivity contribution in [3.63, 3.8) is 0 Å². The van der Waals surface area contributed by atoms with E-state index in [2.05, 4.69) is 182 Å². The van der Waals surface area contributed by atoms with Crippen LogP contribution in [0.1, 0.15) is 0 Å². The zero-order valence-corrected chi connectivity index (χ0v) is 31.8. The van der Waals surface area contributed by atoms with Gasteiger partial charge in [0, 0.05) is 0 Å². The van der Waals surface area contributed by atoms with Crippen LogP contribution in [0.2, 0.25) is 0 Å². The summed E-state index contributed by atoms with van der Waals surface area (Å²) in [7, 11) is 8.22. The van der Waals surface area contributed by atoms with Crippen LogP contribution in [-0.4, -0.2) is 0 Å².